The van der Waals surface area contributed by atoms with Crippen molar-refractivity contribution in [2.75, 3.05) is 0 Å². The molecule has 2 heteroatoms. The average molecular weight is 403 g/mol. The number of hydrogen-bond donors (Lipinski definition) is 0. The molecule has 2 aliphatic rings. The van der Waals surface area contributed by atoms with E-state index in [1.165, 1.54) is 76.2 Å². The van der Waals surface area contributed by atoms with Crippen molar-refractivity contribution in [3.8, 4) is 0 Å². The topological polar surface area (TPSA) is 0 Å². The first kappa shape index (κ1) is 22.5. The predicted octanol–water partition coefficient (Wildman–Crippen LogP) is 8.71. The van der Waals surface area contributed by atoms with E-state index in [4.69, 9.17) is 0 Å². The van der Waals surface area contributed by atoms with Crippen LogP contribution in [0, 0.1) is 17.8 Å². The molecule has 0 aromatic heterocycles. The second kappa shape index (κ2) is 11.9. The van der Waals surface area contributed by atoms with E-state index in [-0.39, 0.29) is 0 Å². The highest BCUT2D eigenvalue weighted by atomic mass is 19.3. The van der Waals surface area contributed by atoms with Crippen LogP contribution < -0.4 is 0 Å². The Morgan fingerprint density at radius 1 is 0.897 bits per heavy atom. The molecule has 29 heavy (non-hydrogen) atoms. The van der Waals surface area contributed by atoms with Crippen molar-refractivity contribution >= 4 is 0 Å². The summed E-state index contributed by atoms with van der Waals surface area (Å²) in [7, 11) is 0. The van der Waals surface area contributed by atoms with Crippen LogP contribution in [-0.4, -0.2) is 6.43 Å². The number of rotatable bonds is 9. The van der Waals surface area contributed by atoms with Gasteiger partial charge < -0.3 is 0 Å². The number of benzene rings is 1. The van der Waals surface area contributed by atoms with Crippen LogP contribution in [0.1, 0.15) is 101 Å². The van der Waals surface area contributed by atoms with Gasteiger partial charge in [0, 0.05) is 0 Å². The number of hydrogen-bond acceptors (Lipinski definition) is 0. The third-order valence-electron chi connectivity index (χ3n) is 7.62. The van der Waals surface area contributed by atoms with Crippen LogP contribution in [0.2, 0.25) is 0 Å². The summed E-state index contributed by atoms with van der Waals surface area (Å²) in [6.45, 7) is 2.26. The fraction of sp³-hybridized carbons (Fsp3) is 0.704. The monoisotopic (exact) mass is 402 g/mol. The van der Waals surface area contributed by atoms with Crippen molar-refractivity contribution in [3.05, 3.63) is 47.5 Å². The van der Waals surface area contributed by atoms with Gasteiger partial charge in [-0.15, -0.1) is 0 Å². The zero-order chi connectivity index (χ0) is 20.5. The van der Waals surface area contributed by atoms with Gasteiger partial charge in [-0.2, -0.15) is 0 Å². The first-order chi connectivity index (χ1) is 14.2. The molecule has 0 unspecified atom stereocenters. The van der Waals surface area contributed by atoms with E-state index in [0.29, 0.717) is 0 Å². The Kier molecular flexibility index (Phi) is 9.21. The highest BCUT2D eigenvalue weighted by molar-refractivity contribution is 5.26. The summed E-state index contributed by atoms with van der Waals surface area (Å²) in [5.41, 5.74) is 3.05. The second-order valence-electron chi connectivity index (χ2n) is 9.58. The molecular formula is C27H40F2. The van der Waals surface area contributed by atoms with Gasteiger partial charge in [-0.25, -0.2) is 8.78 Å². The van der Waals surface area contributed by atoms with Crippen molar-refractivity contribution in [3.63, 3.8) is 0 Å². The maximum atomic E-state index is 12.2. The Morgan fingerprint density at radius 3 is 2.10 bits per heavy atom. The molecular weight excluding hydrogens is 362 g/mol. The highest BCUT2D eigenvalue weighted by Crippen LogP contribution is 2.44. The lowest BCUT2D eigenvalue weighted by atomic mass is 9.68. The minimum atomic E-state index is -2.29. The van der Waals surface area contributed by atoms with E-state index >= 15 is 0 Å². The Bertz CT molecular complexity index is 587. The van der Waals surface area contributed by atoms with E-state index < -0.39 is 6.43 Å². The first-order valence-corrected chi connectivity index (χ1v) is 12.2. The number of allylic oxidation sites excluding steroid dienone is 2. The van der Waals surface area contributed by atoms with Crippen LogP contribution in [0.3, 0.4) is 0 Å². The largest absolute Gasteiger partial charge is 0.257 e. The zero-order valence-corrected chi connectivity index (χ0v) is 18.3. The van der Waals surface area contributed by atoms with Gasteiger partial charge in [-0.05, 0) is 105 Å². The summed E-state index contributed by atoms with van der Waals surface area (Å²) in [5, 5.41) is 0. The maximum Gasteiger partial charge on any atom is 0.257 e. The summed E-state index contributed by atoms with van der Waals surface area (Å²) in [5.74, 6) is 3.37. The standard InChI is InChI=1S/C27H40F2/c1-2-3-6-21-9-13-23(14-10-21)25-17-19-26(20-18-25)24-15-11-22(12-16-24)7-4-5-8-27(28)29/h5,8-10,13-14,22,24-27H,2-4,6-7,11-12,15-20H2,1H3/t22-,24-,25-,26-. The minimum absolute atomic E-state index is 0.760. The fourth-order valence-electron chi connectivity index (χ4n) is 5.74. The summed E-state index contributed by atoms with van der Waals surface area (Å²) in [6.07, 6.45) is 17.0. The van der Waals surface area contributed by atoms with Crippen molar-refractivity contribution in [1.82, 2.24) is 0 Å². The quantitative estimate of drug-likeness (QED) is 0.362. The van der Waals surface area contributed by atoms with E-state index in [0.717, 1.165) is 42.6 Å². The van der Waals surface area contributed by atoms with E-state index in [9.17, 15) is 8.78 Å². The van der Waals surface area contributed by atoms with Crippen LogP contribution in [0.4, 0.5) is 8.78 Å². The van der Waals surface area contributed by atoms with Gasteiger partial charge in [0.2, 0.25) is 0 Å². The molecule has 0 atom stereocenters. The lowest BCUT2D eigenvalue weighted by Crippen LogP contribution is -2.25. The molecule has 3 rings (SSSR count). The Hall–Kier alpha value is -1.18. The van der Waals surface area contributed by atoms with Gasteiger partial charge in [-0.1, -0.05) is 56.5 Å². The summed E-state index contributed by atoms with van der Waals surface area (Å²) in [4.78, 5) is 0. The molecule has 0 heterocycles. The van der Waals surface area contributed by atoms with E-state index in [1.807, 2.05) is 0 Å². The first-order valence-electron chi connectivity index (χ1n) is 12.2. The van der Waals surface area contributed by atoms with Gasteiger partial charge >= 0.3 is 0 Å². The van der Waals surface area contributed by atoms with Crippen LogP contribution in [0.15, 0.2) is 36.4 Å². The fourth-order valence-corrected chi connectivity index (χ4v) is 5.74. The Morgan fingerprint density at radius 2 is 1.52 bits per heavy atom. The lowest BCUT2D eigenvalue weighted by molar-refractivity contribution is 0.157. The van der Waals surface area contributed by atoms with Crippen LogP contribution in [0.25, 0.3) is 0 Å². The molecule has 2 aliphatic carbocycles. The van der Waals surface area contributed by atoms with E-state index in [2.05, 4.69) is 31.2 Å². The van der Waals surface area contributed by atoms with Crippen molar-refractivity contribution in [1.29, 1.82) is 0 Å². The van der Waals surface area contributed by atoms with Gasteiger partial charge in [0.1, 0.15) is 0 Å². The molecule has 162 valence electrons. The number of aryl methyl sites for hydroxylation is 1. The Balaban J connectivity index is 1.37. The molecule has 2 saturated carbocycles. The molecule has 0 aliphatic heterocycles. The highest BCUT2D eigenvalue weighted by Gasteiger charge is 2.31. The summed E-state index contributed by atoms with van der Waals surface area (Å²) >= 11 is 0. The molecule has 0 N–H and O–H groups in total. The zero-order valence-electron chi connectivity index (χ0n) is 18.3. The van der Waals surface area contributed by atoms with Crippen molar-refractivity contribution < 1.29 is 8.78 Å². The Labute approximate surface area is 177 Å². The van der Waals surface area contributed by atoms with Crippen molar-refractivity contribution in [2.45, 2.75) is 103 Å². The minimum Gasteiger partial charge on any atom is -0.206 e. The van der Waals surface area contributed by atoms with Gasteiger partial charge in [0.15, 0.2) is 0 Å². The average Bonchev–Trinajstić information content (AvgIpc) is 2.76. The lowest BCUT2D eigenvalue weighted by Gasteiger charge is -2.38. The predicted molar refractivity (Wildman–Crippen MR) is 120 cm³/mol. The molecule has 0 saturated heterocycles. The number of alkyl halides is 2. The van der Waals surface area contributed by atoms with Gasteiger partial charge in [0.05, 0.1) is 0 Å². The SMILES string of the molecule is CCCCc1ccc([C@H]2CC[C@H]([C@H]3CC[C@H](CCC=CC(F)F)CC3)CC2)cc1. The molecule has 2 fully saturated rings. The van der Waals surface area contributed by atoms with E-state index in [1.54, 1.807) is 11.6 Å². The molecule has 1 aromatic rings. The van der Waals surface area contributed by atoms with Gasteiger partial charge in [0.25, 0.3) is 6.43 Å². The molecule has 0 radical (unpaired) electrons. The smallest absolute Gasteiger partial charge is 0.206 e. The summed E-state index contributed by atoms with van der Waals surface area (Å²) < 4.78 is 24.3. The van der Waals surface area contributed by atoms with Gasteiger partial charge in [-0.3, -0.25) is 0 Å². The normalized spacial score (nSPS) is 28.3. The maximum absolute atomic E-state index is 12.2. The molecule has 0 nitrogen and oxygen atoms in total. The number of halogens is 2. The van der Waals surface area contributed by atoms with Crippen molar-refractivity contribution in [2.24, 2.45) is 17.8 Å². The van der Waals surface area contributed by atoms with Crippen LogP contribution >= 0.6 is 0 Å². The van der Waals surface area contributed by atoms with Crippen LogP contribution in [0.5, 0.6) is 0 Å². The molecule has 0 bridgehead atoms. The molecule has 1 aromatic carbocycles. The molecule has 0 spiro atoms. The summed E-state index contributed by atoms with van der Waals surface area (Å²) in [6, 6.07) is 9.50. The number of unbranched alkanes of at least 4 members (excludes halogenated alkanes) is 1. The second-order valence-corrected chi connectivity index (χ2v) is 9.58. The van der Waals surface area contributed by atoms with Crippen LogP contribution in [-0.2, 0) is 6.42 Å². The molecule has 0 amide bonds. The third-order valence-corrected chi connectivity index (χ3v) is 7.62. The third kappa shape index (κ3) is 7.23.